The highest BCUT2D eigenvalue weighted by atomic mass is 32.2. The summed E-state index contributed by atoms with van der Waals surface area (Å²) in [4.78, 5) is 0. The first-order chi connectivity index (χ1) is 14.3. The van der Waals surface area contributed by atoms with Gasteiger partial charge in [-0.3, -0.25) is 5.10 Å². The summed E-state index contributed by atoms with van der Waals surface area (Å²) in [6.45, 7) is 6.32. The van der Waals surface area contributed by atoms with E-state index < -0.39 is 10.0 Å². The van der Waals surface area contributed by atoms with Gasteiger partial charge in [-0.15, -0.1) is 0 Å². The van der Waals surface area contributed by atoms with Gasteiger partial charge in [0.2, 0.25) is 16.8 Å². The predicted octanol–water partition coefficient (Wildman–Crippen LogP) is 3.65. The molecule has 8 heteroatoms. The molecule has 2 aromatic rings. The highest BCUT2D eigenvalue weighted by Crippen LogP contribution is 2.41. The molecular weight excluding hydrogens is 402 g/mol. The Balaban J connectivity index is 1.73. The summed E-state index contributed by atoms with van der Waals surface area (Å²) in [6, 6.07) is 5.79. The van der Waals surface area contributed by atoms with Crippen molar-refractivity contribution in [1.29, 1.82) is 0 Å². The minimum absolute atomic E-state index is 0.0933. The molecule has 160 valence electrons. The number of H-pyrrole nitrogens is 1. The molecule has 2 aliphatic rings. The number of hydrogen-bond donors (Lipinski definition) is 2. The zero-order valence-electron chi connectivity index (χ0n) is 17.6. The Morgan fingerprint density at radius 2 is 2.07 bits per heavy atom. The molecule has 0 amide bonds. The van der Waals surface area contributed by atoms with Crippen LogP contribution in [0.4, 0.5) is 0 Å². The number of benzene rings is 1. The van der Waals surface area contributed by atoms with Gasteiger partial charge >= 0.3 is 0 Å². The summed E-state index contributed by atoms with van der Waals surface area (Å²) in [5, 5.41) is 7.69. The molecule has 4 rings (SSSR count). The zero-order chi connectivity index (χ0) is 21.5. The van der Waals surface area contributed by atoms with E-state index in [0.29, 0.717) is 5.92 Å². The van der Waals surface area contributed by atoms with Crippen LogP contribution in [0.3, 0.4) is 0 Å². The summed E-state index contributed by atoms with van der Waals surface area (Å²) in [7, 11) is -3.25. The normalized spacial score (nSPS) is 23.7. The van der Waals surface area contributed by atoms with Crippen molar-refractivity contribution >= 4 is 15.6 Å². The largest absolute Gasteiger partial charge is 0.454 e. The van der Waals surface area contributed by atoms with Crippen LogP contribution in [0, 0.1) is 18.8 Å². The van der Waals surface area contributed by atoms with Gasteiger partial charge in [0.15, 0.2) is 11.5 Å². The van der Waals surface area contributed by atoms with Crippen LogP contribution in [0.2, 0.25) is 0 Å². The Kier molecular flexibility index (Phi) is 5.46. The van der Waals surface area contributed by atoms with Crippen LogP contribution >= 0.6 is 0 Å². The Hall–Kier alpha value is -2.58. The van der Waals surface area contributed by atoms with E-state index in [-0.39, 0.29) is 18.8 Å². The lowest BCUT2D eigenvalue weighted by molar-refractivity contribution is 0.174. The molecule has 1 saturated carbocycles. The van der Waals surface area contributed by atoms with Gasteiger partial charge in [-0.1, -0.05) is 31.2 Å². The van der Waals surface area contributed by atoms with E-state index in [1.165, 1.54) is 6.26 Å². The van der Waals surface area contributed by atoms with Crippen molar-refractivity contribution in [1.82, 2.24) is 14.9 Å². The molecule has 7 nitrogen and oxygen atoms in total. The van der Waals surface area contributed by atoms with Gasteiger partial charge < -0.3 is 9.47 Å². The summed E-state index contributed by atoms with van der Waals surface area (Å²) < 4.78 is 37.2. The average Bonchev–Trinajstić information content (AvgIpc) is 3.29. The number of rotatable bonds is 6. The third-order valence-corrected chi connectivity index (χ3v) is 6.44. The second-order valence-electron chi connectivity index (χ2n) is 8.05. The van der Waals surface area contributed by atoms with Crippen molar-refractivity contribution in [2.24, 2.45) is 11.8 Å². The minimum atomic E-state index is -3.25. The maximum atomic E-state index is 11.7. The predicted molar refractivity (Wildman–Crippen MR) is 117 cm³/mol. The lowest BCUT2D eigenvalue weighted by Gasteiger charge is -2.41. The van der Waals surface area contributed by atoms with Gasteiger partial charge in [0, 0.05) is 17.3 Å². The van der Waals surface area contributed by atoms with Crippen molar-refractivity contribution in [3.8, 4) is 22.6 Å². The van der Waals surface area contributed by atoms with Gasteiger partial charge in [-0.25, -0.2) is 13.1 Å². The summed E-state index contributed by atoms with van der Waals surface area (Å²) >= 11 is 0. The lowest BCUT2D eigenvalue weighted by atomic mass is 9.70. The highest BCUT2D eigenvalue weighted by molar-refractivity contribution is 7.88. The summed E-state index contributed by atoms with van der Waals surface area (Å²) in [5.74, 6) is 1.95. The fourth-order valence-corrected chi connectivity index (χ4v) is 5.04. The first-order valence-corrected chi connectivity index (χ1v) is 11.9. The topological polar surface area (TPSA) is 93.3 Å². The minimum Gasteiger partial charge on any atom is -0.454 e. The van der Waals surface area contributed by atoms with Gasteiger partial charge in [0.25, 0.3) is 0 Å². The maximum absolute atomic E-state index is 11.7. The Bertz CT molecular complexity index is 1120. The highest BCUT2D eigenvalue weighted by Gasteiger charge is 2.38. The number of aromatic nitrogens is 2. The number of aryl methyl sites for hydroxylation is 1. The molecule has 2 N–H and O–H groups in total. The average molecular weight is 430 g/mol. The van der Waals surface area contributed by atoms with Crippen molar-refractivity contribution < 1.29 is 17.9 Å². The van der Waals surface area contributed by atoms with Gasteiger partial charge in [-0.2, -0.15) is 5.10 Å². The fourth-order valence-electron chi connectivity index (χ4n) is 4.24. The van der Waals surface area contributed by atoms with Crippen molar-refractivity contribution in [3.05, 3.63) is 47.8 Å². The molecule has 1 aromatic heterocycles. The number of ether oxygens (including phenoxy) is 2. The molecule has 30 heavy (non-hydrogen) atoms. The molecule has 0 spiro atoms. The van der Waals surface area contributed by atoms with Crippen molar-refractivity contribution in [3.63, 3.8) is 0 Å². The van der Waals surface area contributed by atoms with E-state index in [1.54, 1.807) is 0 Å². The molecule has 1 aromatic carbocycles. The van der Waals surface area contributed by atoms with Crippen LogP contribution in [0.1, 0.15) is 31.7 Å². The number of fused-ring (bicyclic) bond motifs is 1. The van der Waals surface area contributed by atoms with Crippen LogP contribution < -0.4 is 14.2 Å². The van der Waals surface area contributed by atoms with E-state index in [0.717, 1.165) is 46.0 Å². The third-order valence-electron chi connectivity index (χ3n) is 5.71. The first-order valence-electron chi connectivity index (χ1n) is 10.0. The molecular formula is C22H27N3O4S. The fraction of sp³-hybridized carbons (Fsp3) is 0.409. The zero-order valence-corrected chi connectivity index (χ0v) is 18.4. The van der Waals surface area contributed by atoms with Crippen molar-refractivity contribution in [2.45, 2.75) is 33.2 Å². The second-order valence-corrected chi connectivity index (χ2v) is 9.83. The Morgan fingerprint density at radius 1 is 1.30 bits per heavy atom. The monoisotopic (exact) mass is 429 g/mol. The van der Waals surface area contributed by atoms with Gasteiger partial charge in [0.1, 0.15) is 0 Å². The standard InChI is InChI=1S/C22H27N3O4S/c1-5-6-16(10-17-13(2)9-18(17)25-30(4,26)27)22-21(14(3)23-24-22)15-7-8-19-20(11-15)29-12-28-19/h5-8,10-11,13,17-18,25H,9,12H2,1-4H3,(H,23,24)/b6-5-,16-10+. The van der Waals surface area contributed by atoms with Crippen molar-refractivity contribution in [2.75, 3.05) is 13.0 Å². The molecule has 0 bridgehead atoms. The SMILES string of the molecule is C/C=C\C(=C/C1C(C)CC1NS(C)(=O)=O)c1n[nH]c(C)c1-c1ccc2c(c1)OCO2. The molecule has 1 aliphatic carbocycles. The third kappa shape index (κ3) is 4.02. The summed E-state index contributed by atoms with van der Waals surface area (Å²) in [6.07, 6.45) is 8.17. The smallest absolute Gasteiger partial charge is 0.231 e. The van der Waals surface area contributed by atoms with E-state index >= 15 is 0 Å². The number of nitrogens with one attached hydrogen (secondary N) is 2. The quantitative estimate of drug-likeness (QED) is 0.684. The maximum Gasteiger partial charge on any atom is 0.231 e. The van der Waals surface area contributed by atoms with E-state index in [4.69, 9.17) is 9.47 Å². The first kappa shape index (κ1) is 20.7. The Morgan fingerprint density at radius 3 is 2.77 bits per heavy atom. The molecule has 2 heterocycles. The number of aromatic amines is 1. The van der Waals surface area contributed by atoms with Crippen LogP contribution in [0.25, 0.3) is 16.7 Å². The number of nitrogens with zero attached hydrogens (tertiary/aromatic N) is 1. The molecule has 3 atom stereocenters. The van der Waals surface area contributed by atoms with Gasteiger partial charge in [-0.05, 0) is 55.4 Å². The molecule has 3 unspecified atom stereocenters. The van der Waals surface area contributed by atoms with Gasteiger partial charge in [0.05, 0.1) is 11.9 Å². The lowest BCUT2D eigenvalue weighted by Crippen LogP contribution is -2.50. The van der Waals surface area contributed by atoms with E-state index in [9.17, 15) is 8.42 Å². The molecule has 0 saturated heterocycles. The number of hydrogen-bond acceptors (Lipinski definition) is 5. The van der Waals surface area contributed by atoms with Crippen LogP contribution in [-0.4, -0.2) is 37.7 Å². The Labute approximate surface area is 177 Å². The summed E-state index contributed by atoms with van der Waals surface area (Å²) in [5.41, 5.74) is 4.74. The van der Waals surface area contributed by atoms with E-state index in [2.05, 4.69) is 27.9 Å². The number of allylic oxidation sites excluding steroid dienone is 3. The molecule has 0 radical (unpaired) electrons. The second kappa shape index (κ2) is 7.92. The van der Waals surface area contributed by atoms with Crippen LogP contribution in [0.15, 0.2) is 36.4 Å². The van der Waals surface area contributed by atoms with Crippen LogP contribution in [0.5, 0.6) is 11.5 Å². The molecule has 1 aliphatic heterocycles. The van der Waals surface area contributed by atoms with Crippen LogP contribution in [-0.2, 0) is 10.0 Å². The number of sulfonamides is 1. The van der Waals surface area contributed by atoms with E-state index in [1.807, 2.05) is 44.2 Å². The molecule has 1 fully saturated rings.